The molecule has 1 spiro atoms. The highest BCUT2D eigenvalue weighted by Crippen LogP contribution is 2.54. The summed E-state index contributed by atoms with van der Waals surface area (Å²) >= 11 is 0. The molecule has 0 saturated carbocycles. The normalized spacial score (nSPS) is 19.0. The predicted molar refractivity (Wildman–Crippen MR) is 110 cm³/mol. The SMILES string of the molecule is CCn1c(C)cc2c(c1=O)C1(C(=O)N(CC(=O)OC)c3ccccc31)C(C#N)=C(N)O2. The van der Waals surface area contributed by atoms with Gasteiger partial charge in [-0.05, 0) is 19.9 Å². The van der Waals surface area contributed by atoms with Gasteiger partial charge in [-0.1, -0.05) is 18.2 Å². The number of ether oxygens (including phenoxy) is 2. The van der Waals surface area contributed by atoms with Crippen LogP contribution in [0, 0.1) is 18.3 Å². The highest BCUT2D eigenvalue weighted by Gasteiger charge is 2.61. The van der Waals surface area contributed by atoms with Crippen molar-refractivity contribution in [3.8, 4) is 11.8 Å². The second-order valence-corrected chi connectivity index (χ2v) is 7.26. The van der Waals surface area contributed by atoms with Gasteiger partial charge in [0.1, 0.15) is 23.9 Å². The monoisotopic (exact) mass is 420 g/mol. The highest BCUT2D eigenvalue weighted by molar-refractivity contribution is 6.15. The van der Waals surface area contributed by atoms with E-state index in [4.69, 9.17) is 15.2 Å². The minimum atomic E-state index is -1.82. The zero-order chi connectivity index (χ0) is 22.5. The highest BCUT2D eigenvalue weighted by atomic mass is 16.5. The van der Waals surface area contributed by atoms with E-state index >= 15 is 0 Å². The molecule has 4 rings (SSSR count). The van der Waals surface area contributed by atoms with Crippen molar-refractivity contribution in [3.63, 3.8) is 0 Å². The minimum absolute atomic E-state index is 0.00974. The van der Waals surface area contributed by atoms with E-state index in [1.807, 2.05) is 6.07 Å². The smallest absolute Gasteiger partial charge is 0.325 e. The Labute approximate surface area is 177 Å². The summed E-state index contributed by atoms with van der Waals surface area (Å²) in [7, 11) is 1.22. The fraction of sp³-hybridized carbons (Fsp3) is 0.273. The van der Waals surface area contributed by atoms with Gasteiger partial charge in [-0.15, -0.1) is 0 Å². The summed E-state index contributed by atoms with van der Waals surface area (Å²) in [6.45, 7) is 3.53. The molecule has 0 radical (unpaired) electrons. The number of carbonyl (C=O) groups excluding carboxylic acids is 2. The zero-order valence-electron chi connectivity index (χ0n) is 17.3. The third-order valence-corrected chi connectivity index (χ3v) is 5.80. The molecule has 1 aromatic heterocycles. The lowest BCUT2D eigenvalue weighted by molar-refractivity contribution is -0.140. The molecule has 0 fully saturated rings. The van der Waals surface area contributed by atoms with E-state index in [0.717, 1.165) is 0 Å². The van der Waals surface area contributed by atoms with E-state index in [-0.39, 0.29) is 29.3 Å². The van der Waals surface area contributed by atoms with Crippen molar-refractivity contribution in [2.24, 2.45) is 5.73 Å². The van der Waals surface area contributed by atoms with Crippen molar-refractivity contribution in [3.05, 3.63) is 69.0 Å². The number of benzene rings is 1. The summed E-state index contributed by atoms with van der Waals surface area (Å²) in [5, 5.41) is 10.0. The van der Waals surface area contributed by atoms with Crippen molar-refractivity contribution < 1.29 is 19.1 Å². The van der Waals surface area contributed by atoms with Gasteiger partial charge in [0.2, 0.25) is 11.8 Å². The molecular weight excluding hydrogens is 400 g/mol. The molecule has 2 N–H and O–H groups in total. The lowest BCUT2D eigenvalue weighted by Gasteiger charge is -2.34. The van der Waals surface area contributed by atoms with Crippen LogP contribution in [0.25, 0.3) is 0 Å². The second kappa shape index (κ2) is 7.02. The fourth-order valence-electron chi connectivity index (χ4n) is 4.46. The largest absolute Gasteiger partial charge is 0.468 e. The van der Waals surface area contributed by atoms with Gasteiger partial charge in [-0.25, -0.2) is 0 Å². The summed E-state index contributed by atoms with van der Waals surface area (Å²) in [5.41, 5.74) is 5.04. The zero-order valence-corrected chi connectivity index (χ0v) is 17.3. The molecule has 1 aromatic carbocycles. The molecule has 9 nitrogen and oxygen atoms in total. The number of nitrogens with two attached hydrogens (primary N) is 1. The fourth-order valence-corrected chi connectivity index (χ4v) is 4.46. The molecule has 2 aliphatic rings. The number of rotatable bonds is 3. The second-order valence-electron chi connectivity index (χ2n) is 7.26. The Hall–Kier alpha value is -4.06. The first-order chi connectivity index (χ1) is 14.8. The first-order valence-electron chi connectivity index (χ1n) is 9.64. The summed E-state index contributed by atoms with van der Waals surface area (Å²) < 4.78 is 11.9. The van der Waals surface area contributed by atoms with Gasteiger partial charge in [-0.3, -0.25) is 19.3 Å². The van der Waals surface area contributed by atoms with Crippen LogP contribution in [0.3, 0.4) is 0 Å². The van der Waals surface area contributed by atoms with Gasteiger partial charge in [0.15, 0.2) is 5.41 Å². The summed E-state index contributed by atoms with van der Waals surface area (Å²) in [6.07, 6.45) is 0. The molecule has 2 aromatic rings. The van der Waals surface area contributed by atoms with Gasteiger partial charge in [-0.2, -0.15) is 5.26 Å². The van der Waals surface area contributed by atoms with E-state index in [2.05, 4.69) is 0 Å². The quantitative estimate of drug-likeness (QED) is 0.736. The number of amides is 1. The molecule has 3 heterocycles. The van der Waals surface area contributed by atoms with Gasteiger partial charge in [0.25, 0.3) is 5.56 Å². The molecular formula is C22H20N4O5. The van der Waals surface area contributed by atoms with Gasteiger partial charge >= 0.3 is 5.97 Å². The average Bonchev–Trinajstić information content (AvgIpc) is 2.97. The Bertz CT molecular complexity index is 1270. The van der Waals surface area contributed by atoms with Crippen LogP contribution in [0.5, 0.6) is 5.75 Å². The van der Waals surface area contributed by atoms with Crippen molar-refractivity contribution in [1.29, 1.82) is 5.26 Å². The number of hydrogen-bond donors (Lipinski definition) is 1. The molecule has 9 heteroatoms. The summed E-state index contributed by atoms with van der Waals surface area (Å²) in [4.78, 5) is 40.8. The van der Waals surface area contributed by atoms with Crippen molar-refractivity contribution >= 4 is 17.6 Å². The third kappa shape index (κ3) is 2.51. The van der Waals surface area contributed by atoms with Crippen LogP contribution in [-0.4, -0.2) is 30.1 Å². The lowest BCUT2D eigenvalue weighted by atomic mass is 9.69. The summed E-state index contributed by atoms with van der Waals surface area (Å²) in [5.74, 6) is -1.41. The van der Waals surface area contributed by atoms with Crippen LogP contribution in [0.2, 0.25) is 0 Å². The molecule has 0 saturated heterocycles. The van der Waals surface area contributed by atoms with Crippen molar-refractivity contribution in [2.45, 2.75) is 25.8 Å². The number of carbonyl (C=O) groups is 2. The number of pyridine rings is 1. The molecule has 31 heavy (non-hydrogen) atoms. The number of nitriles is 1. The van der Waals surface area contributed by atoms with E-state index in [9.17, 15) is 19.6 Å². The number of esters is 1. The Morgan fingerprint density at radius 1 is 1.32 bits per heavy atom. The number of para-hydroxylation sites is 1. The predicted octanol–water partition coefficient (Wildman–Crippen LogP) is 1.07. The Morgan fingerprint density at radius 3 is 2.68 bits per heavy atom. The number of methoxy groups -OCH3 is 1. The molecule has 1 unspecified atom stereocenters. The standard InChI is InChI=1S/C22H20N4O5/c1-4-25-12(2)9-16-18(20(25)28)22(14(10-23)19(24)31-16)13-7-5-6-8-15(13)26(21(22)29)11-17(27)30-3/h5-9H,4,11,24H2,1-3H3. The number of nitrogens with zero attached hydrogens (tertiary/aromatic N) is 3. The molecule has 158 valence electrons. The maximum atomic E-state index is 14.0. The van der Waals surface area contributed by atoms with E-state index < -0.39 is 22.9 Å². The average molecular weight is 420 g/mol. The molecule has 2 aliphatic heterocycles. The molecule has 1 atom stereocenters. The van der Waals surface area contributed by atoms with E-state index in [0.29, 0.717) is 23.5 Å². The van der Waals surface area contributed by atoms with Crippen molar-refractivity contribution in [2.75, 3.05) is 18.6 Å². The topological polar surface area (TPSA) is 128 Å². The number of aromatic nitrogens is 1. The third-order valence-electron chi connectivity index (χ3n) is 5.80. The molecule has 0 aliphatic carbocycles. The Morgan fingerprint density at radius 2 is 2.03 bits per heavy atom. The first kappa shape index (κ1) is 20.2. The van der Waals surface area contributed by atoms with Gasteiger partial charge < -0.3 is 19.8 Å². The van der Waals surface area contributed by atoms with Crippen LogP contribution < -0.4 is 20.9 Å². The maximum absolute atomic E-state index is 14.0. The van der Waals surface area contributed by atoms with E-state index in [1.165, 1.54) is 16.6 Å². The molecule has 0 bridgehead atoms. The van der Waals surface area contributed by atoms with Crippen LogP contribution in [0.15, 0.2) is 46.6 Å². The van der Waals surface area contributed by atoms with Gasteiger partial charge in [0.05, 0.1) is 12.7 Å². The van der Waals surface area contributed by atoms with Crippen molar-refractivity contribution in [1.82, 2.24) is 4.57 Å². The Kier molecular flexibility index (Phi) is 4.58. The Balaban J connectivity index is 2.15. The summed E-state index contributed by atoms with van der Waals surface area (Å²) in [6, 6.07) is 10.3. The first-order valence-corrected chi connectivity index (χ1v) is 9.64. The van der Waals surface area contributed by atoms with Crippen LogP contribution in [0.1, 0.15) is 23.7 Å². The molecule has 1 amide bonds. The number of hydrogen-bond acceptors (Lipinski definition) is 7. The van der Waals surface area contributed by atoms with Crippen LogP contribution in [-0.2, 0) is 26.3 Å². The van der Waals surface area contributed by atoms with Gasteiger partial charge in [0, 0.05) is 29.6 Å². The maximum Gasteiger partial charge on any atom is 0.325 e. The van der Waals surface area contributed by atoms with Crippen LogP contribution in [0.4, 0.5) is 5.69 Å². The lowest BCUT2D eigenvalue weighted by Crippen LogP contribution is -2.50. The number of aryl methyl sites for hydroxylation is 1. The minimum Gasteiger partial charge on any atom is -0.468 e. The number of fused-ring (bicyclic) bond motifs is 4. The number of anilines is 1. The van der Waals surface area contributed by atoms with Crippen LogP contribution >= 0.6 is 0 Å². The van der Waals surface area contributed by atoms with E-state index in [1.54, 1.807) is 44.2 Å².